The van der Waals surface area contributed by atoms with Gasteiger partial charge < -0.3 is 9.13 Å². The van der Waals surface area contributed by atoms with Crippen LogP contribution in [0, 0.1) is 0 Å². The van der Waals surface area contributed by atoms with E-state index in [1.54, 1.807) is 0 Å². The average molecular weight is 611 g/mol. The lowest BCUT2D eigenvalue weighted by atomic mass is 9.94. The minimum absolute atomic E-state index is 1.15. The zero-order chi connectivity index (χ0) is 31.6. The highest BCUT2D eigenvalue weighted by molar-refractivity contribution is 6.23. The third-order valence-electron chi connectivity index (χ3n) is 9.89. The molecule has 0 amide bonds. The minimum Gasteiger partial charge on any atom is -0.309 e. The van der Waals surface area contributed by atoms with E-state index >= 15 is 0 Å². The summed E-state index contributed by atoms with van der Waals surface area (Å²) in [4.78, 5) is 0. The van der Waals surface area contributed by atoms with Gasteiger partial charge >= 0.3 is 0 Å². The van der Waals surface area contributed by atoms with Gasteiger partial charge in [0.2, 0.25) is 0 Å². The van der Waals surface area contributed by atoms with Gasteiger partial charge in [-0.15, -0.1) is 0 Å². The number of para-hydroxylation sites is 2. The van der Waals surface area contributed by atoms with E-state index in [0.29, 0.717) is 0 Å². The first-order valence-corrected chi connectivity index (χ1v) is 16.5. The van der Waals surface area contributed by atoms with Gasteiger partial charge in [-0.2, -0.15) is 0 Å². The maximum Gasteiger partial charge on any atom is 0.0619 e. The molecular formula is C46H30N2. The minimum atomic E-state index is 1.15. The summed E-state index contributed by atoms with van der Waals surface area (Å²) in [7, 11) is 0. The van der Waals surface area contributed by atoms with Crippen molar-refractivity contribution in [2.45, 2.75) is 0 Å². The predicted octanol–water partition coefficient (Wildman–Crippen LogP) is 12.4. The van der Waals surface area contributed by atoms with Gasteiger partial charge in [0.1, 0.15) is 0 Å². The number of hydrogen-bond donors (Lipinski definition) is 0. The van der Waals surface area contributed by atoms with Crippen LogP contribution in [0.1, 0.15) is 0 Å². The van der Waals surface area contributed by atoms with Gasteiger partial charge in [-0.05, 0) is 70.1 Å². The molecule has 48 heavy (non-hydrogen) atoms. The van der Waals surface area contributed by atoms with Gasteiger partial charge in [0.15, 0.2) is 0 Å². The van der Waals surface area contributed by atoms with Crippen molar-refractivity contribution in [1.29, 1.82) is 0 Å². The second-order valence-corrected chi connectivity index (χ2v) is 12.6. The van der Waals surface area contributed by atoms with Gasteiger partial charge in [0.25, 0.3) is 0 Å². The largest absolute Gasteiger partial charge is 0.309 e. The molecule has 0 N–H and O–H groups in total. The van der Waals surface area contributed by atoms with Crippen molar-refractivity contribution in [2.24, 2.45) is 0 Å². The maximum absolute atomic E-state index is 2.46. The van der Waals surface area contributed by atoms with Crippen LogP contribution >= 0.6 is 0 Å². The lowest BCUT2D eigenvalue weighted by Crippen LogP contribution is -1.96. The van der Waals surface area contributed by atoms with Crippen LogP contribution in [-0.4, -0.2) is 9.13 Å². The summed E-state index contributed by atoms with van der Waals surface area (Å²) in [5, 5.41) is 7.56. The summed E-state index contributed by atoms with van der Waals surface area (Å²) in [5.41, 5.74) is 12.0. The lowest BCUT2D eigenvalue weighted by Gasteiger charge is -2.14. The fourth-order valence-corrected chi connectivity index (χ4v) is 7.78. The molecule has 8 aromatic carbocycles. The molecule has 0 aliphatic heterocycles. The maximum atomic E-state index is 2.46. The quantitative estimate of drug-likeness (QED) is 0.188. The Morgan fingerprint density at radius 2 is 0.896 bits per heavy atom. The first-order valence-electron chi connectivity index (χ1n) is 16.5. The summed E-state index contributed by atoms with van der Waals surface area (Å²) >= 11 is 0. The fourth-order valence-electron chi connectivity index (χ4n) is 7.78. The lowest BCUT2D eigenvalue weighted by molar-refractivity contribution is 1.17. The Labute approximate surface area is 278 Å². The van der Waals surface area contributed by atoms with E-state index in [1.165, 1.54) is 76.6 Å². The van der Waals surface area contributed by atoms with Gasteiger partial charge in [0, 0.05) is 38.3 Å². The number of benzene rings is 8. The van der Waals surface area contributed by atoms with Crippen molar-refractivity contribution in [1.82, 2.24) is 9.13 Å². The van der Waals surface area contributed by atoms with Crippen molar-refractivity contribution < 1.29 is 0 Å². The molecule has 0 atom stereocenters. The van der Waals surface area contributed by atoms with E-state index in [4.69, 9.17) is 0 Å². The monoisotopic (exact) mass is 610 g/mol. The Hall–Kier alpha value is -6.38. The second kappa shape index (κ2) is 10.6. The molecule has 0 unspecified atom stereocenters. The Morgan fingerprint density at radius 1 is 0.292 bits per heavy atom. The molecule has 10 aromatic rings. The van der Waals surface area contributed by atoms with Crippen LogP contribution < -0.4 is 0 Å². The van der Waals surface area contributed by atoms with Crippen molar-refractivity contribution in [2.75, 3.05) is 0 Å². The Morgan fingerprint density at radius 3 is 1.73 bits per heavy atom. The highest BCUT2D eigenvalue weighted by Gasteiger charge is 2.20. The van der Waals surface area contributed by atoms with E-state index in [9.17, 15) is 0 Å². The highest BCUT2D eigenvalue weighted by atomic mass is 15.0. The van der Waals surface area contributed by atoms with Gasteiger partial charge in [-0.1, -0.05) is 140 Å². The number of aromatic nitrogens is 2. The standard InChI is InChI=1S/C46H30N2/c1-3-14-31(15-4-1)36-21-9-10-22-37(36)33-17-13-20-35(28-33)47-43-25-12-11-24-39(43)41-29-42-40-27-26-32-16-7-8-23-38(32)46(40)48(45(42)30-44(41)47)34-18-5-2-6-19-34/h1-30H. The zero-order valence-corrected chi connectivity index (χ0v) is 26.2. The summed E-state index contributed by atoms with van der Waals surface area (Å²) in [6, 6.07) is 66.2. The molecule has 224 valence electrons. The van der Waals surface area contributed by atoms with E-state index < -0.39 is 0 Å². The third kappa shape index (κ3) is 4.00. The van der Waals surface area contributed by atoms with Crippen molar-refractivity contribution in [3.05, 3.63) is 182 Å². The second-order valence-electron chi connectivity index (χ2n) is 12.6. The molecule has 0 saturated heterocycles. The summed E-state index contributed by atoms with van der Waals surface area (Å²) in [6.07, 6.45) is 0. The van der Waals surface area contributed by atoms with Crippen molar-refractivity contribution >= 4 is 54.4 Å². The first kappa shape index (κ1) is 26.8. The molecule has 0 fully saturated rings. The van der Waals surface area contributed by atoms with Crippen LogP contribution in [0.15, 0.2) is 182 Å². The topological polar surface area (TPSA) is 9.86 Å². The molecule has 0 spiro atoms. The van der Waals surface area contributed by atoms with Gasteiger partial charge in [-0.3, -0.25) is 0 Å². The molecule has 0 aliphatic rings. The van der Waals surface area contributed by atoms with E-state index in [1.807, 2.05) is 0 Å². The molecule has 2 aromatic heterocycles. The van der Waals surface area contributed by atoms with Crippen LogP contribution in [0.25, 0.3) is 88.0 Å². The van der Waals surface area contributed by atoms with Crippen LogP contribution in [0.3, 0.4) is 0 Å². The molecule has 0 saturated carbocycles. The van der Waals surface area contributed by atoms with Crippen molar-refractivity contribution in [3.63, 3.8) is 0 Å². The summed E-state index contributed by atoms with van der Waals surface area (Å²) in [6.45, 7) is 0. The molecule has 2 heterocycles. The van der Waals surface area contributed by atoms with E-state index in [0.717, 1.165) is 11.4 Å². The SMILES string of the molecule is c1ccc(-c2ccccc2-c2cccc(-n3c4ccccc4c4cc5c6ccc7ccccc7c6n(-c6ccccc6)c5cc43)c2)cc1. The summed E-state index contributed by atoms with van der Waals surface area (Å²) in [5.74, 6) is 0. The van der Waals surface area contributed by atoms with Crippen LogP contribution in [0.2, 0.25) is 0 Å². The molecule has 2 nitrogen and oxygen atoms in total. The van der Waals surface area contributed by atoms with Crippen LogP contribution in [0.4, 0.5) is 0 Å². The van der Waals surface area contributed by atoms with E-state index in [2.05, 4.69) is 191 Å². The number of rotatable bonds is 4. The molecular weight excluding hydrogens is 581 g/mol. The van der Waals surface area contributed by atoms with E-state index in [-0.39, 0.29) is 0 Å². The Balaban J connectivity index is 1.29. The molecule has 0 radical (unpaired) electrons. The number of fused-ring (bicyclic) bond motifs is 8. The first-order chi connectivity index (χ1) is 23.8. The van der Waals surface area contributed by atoms with Gasteiger partial charge in [-0.25, -0.2) is 0 Å². The third-order valence-corrected chi connectivity index (χ3v) is 9.89. The van der Waals surface area contributed by atoms with Crippen LogP contribution in [0.5, 0.6) is 0 Å². The molecule has 0 bridgehead atoms. The Bertz CT molecular complexity index is 2820. The van der Waals surface area contributed by atoms with Crippen LogP contribution in [-0.2, 0) is 0 Å². The Kier molecular flexibility index (Phi) is 5.91. The highest BCUT2D eigenvalue weighted by Crippen LogP contribution is 2.42. The normalized spacial score (nSPS) is 11.8. The summed E-state index contributed by atoms with van der Waals surface area (Å²) < 4.78 is 4.91. The van der Waals surface area contributed by atoms with Crippen molar-refractivity contribution in [3.8, 4) is 33.6 Å². The molecule has 10 rings (SSSR count). The number of nitrogens with zero attached hydrogens (tertiary/aromatic N) is 2. The smallest absolute Gasteiger partial charge is 0.0619 e. The average Bonchev–Trinajstić information content (AvgIpc) is 3.67. The van der Waals surface area contributed by atoms with Gasteiger partial charge in [0.05, 0.1) is 22.1 Å². The fraction of sp³-hybridized carbons (Fsp3) is 0. The zero-order valence-electron chi connectivity index (χ0n) is 26.2. The predicted molar refractivity (Wildman–Crippen MR) is 203 cm³/mol. The number of hydrogen-bond acceptors (Lipinski definition) is 0. The molecule has 2 heteroatoms. The molecule has 0 aliphatic carbocycles.